The summed E-state index contributed by atoms with van der Waals surface area (Å²) < 4.78 is 0. The van der Waals surface area contributed by atoms with Gasteiger partial charge in [-0.05, 0) is 27.2 Å². The normalized spacial score (nSPS) is 13.8. The fraction of sp³-hybridized carbons (Fsp3) is 0.786. The first-order chi connectivity index (χ1) is 10.0. The molecule has 0 radical (unpaired) electrons. The van der Waals surface area contributed by atoms with E-state index in [1.807, 2.05) is 6.92 Å². The van der Waals surface area contributed by atoms with E-state index in [9.17, 15) is 5.11 Å². The van der Waals surface area contributed by atoms with Gasteiger partial charge in [-0.15, -0.1) is 0 Å². The predicted octanol–water partition coefficient (Wildman–Crippen LogP) is 2.40. The Morgan fingerprint density at radius 1 is 1.14 bits per heavy atom. The summed E-state index contributed by atoms with van der Waals surface area (Å²) in [6.45, 7) is 12.5. The molecular weight excluding hydrogens is 286 g/mol. The van der Waals surface area contributed by atoms with Crippen molar-refractivity contribution in [3.8, 4) is 0 Å². The molecule has 0 saturated heterocycles. The molecule has 1 aromatic heterocycles. The molecule has 7 heteroatoms. The summed E-state index contributed by atoms with van der Waals surface area (Å²) in [5.41, 5.74) is 0. The highest BCUT2D eigenvalue weighted by Crippen LogP contribution is 2.24. The van der Waals surface area contributed by atoms with Crippen molar-refractivity contribution < 1.29 is 5.11 Å². The molecule has 2 atom stereocenters. The fourth-order valence-corrected chi connectivity index (χ4v) is 2.43. The number of aliphatic hydroxyl groups excluding tert-OH is 1. The van der Waals surface area contributed by atoms with E-state index in [1.54, 1.807) is 6.92 Å². The average Bonchev–Trinajstić information content (AvgIpc) is 2.46. The molecule has 21 heavy (non-hydrogen) atoms. The Morgan fingerprint density at radius 3 is 2.33 bits per heavy atom. The number of hydrogen-bond acceptors (Lipinski definition) is 7. The average molecular weight is 313 g/mol. The topological polar surface area (TPSA) is 74.2 Å². The summed E-state index contributed by atoms with van der Waals surface area (Å²) in [6.07, 6.45) is 0.606. The summed E-state index contributed by atoms with van der Waals surface area (Å²) in [7, 11) is 0. The van der Waals surface area contributed by atoms with Gasteiger partial charge in [0.1, 0.15) is 0 Å². The third-order valence-electron chi connectivity index (χ3n) is 3.15. The monoisotopic (exact) mass is 313 g/mol. The van der Waals surface area contributed by atoms with E-state index in [1.165, 1.54) is 11.8 Å². The Kier molecular flexibility index (Phi) is 7.74. The van der Waals surface area contributed by atoms with Crippen molar-refractivity contribution in [2.75, 3.05) is 29.9 Å². The summed E-state index contributed by atoms with van der Waals surface area (Å²) in [5.74, 6) is 1.29. The van der Waals surface area contributed by atoms with Crippen LogP contribution >= 0.6 is 11.8 Å². The number of aromatic nitrogens is 3. The zero-order chi connectivity index (χ0) is 15.8. The highest BCUT2D eigenvalue weighted by Gasteiger charge is 2.16. The molecule has 0 aliphatic rings. The SMILES string of the molecule is CCCNc1nc(SC(C)C(C)O)nc(N(CC)CC)n1. The Labute approximate surface area is 131 Å². The van der Waals surface area contributed by atoms with Crippen LogP contribution < -0.4 is 10.2 Å². The standard InChI is InChI=1S/C14H27N5OS/c1-6-9-15-12-16-13(19(7-2)8-3)18-14(17-12)21-11(5)10(4)20/h10-11,20H,6-9H2,1-5H3,(H,15,16,17,18). The van der Waals surface area contributed by atoms with Crippen LogP contribution in [0.4, 0.5) is 11.9 Å². The molecule has 120 valence electrons. The van der Waals surface area contributed by atoms with Crippen LogP contribution in [0.25, 0.3) is 0 Å². The molecule has 0 bridgehead atoms. The molecule has 2 N–H and O–H groups in total. The third-order valence-corrected chi connectivity index (χ3v) is 4.31. The minimum Gasteiger partial charge on any atom is -0.392 e. The number of aliphatic hydroxyl groups is 1. The van der Waals surface area contributed by atoms with E-state index in [-0.39, 0.29) is 5.25 Å². The summed E-state index contributed by atoms with van der Waals surface area (Å²) >= 11 is 1.47. The third kappa shape index (κ3) is 5.67. The first-order valence-electron chi connectivity index (χ1n) is 7.61. The van der Waals surface area contributed by atoms with Crippen LogP contribution in [0.15, 0.2) is 5.16 Å². The number of nitrogens with zero attached hydrogens (tertiary/aromatic N) is 4. The second kappa shape index (κ2) is 9.04. The minimum atomic E-state index is -0.407. The zero-order valence-electron chi connectivity index (χ0n) is 13.6. The van der Waals surface area contributed by atoms with Crippen LogP contribution in [0, 0.1) is 0 Å². The first kappa shape index (κ1) is 18.0. The van der Waals surface area contributed by atoms with Gasteiger partial charge in [0.2, 0.25) is 11.9 Å². The molecule has 1 heterocycles. The number of rotatable bonds is 9. The van der Waals surface area contributed by atoms with Gasteiger partial charge in [-0.3, -0.25) is 0 Å². The van der Waals surface area contributed by atoms with Gasteiger partial charge in [0.15, 0.2) is 5.16 Å². The molecule has 0 amide bonds. The number of thioether (sulfide) groups is 1. The molecule has 0 spiro atoms. The van der Waals surface area contributed by atoms with Crippen molar-refractivity contribution in [2.24, 2.45) is 0 Å². The Balaban J connectivity index is 3.02. The van der Waals surface area contributed by atoms with Crippen molar-refractivity contribution in [3.05, 3.63) is 0 Å². The van der Waals surface area contributed by atoms with E-state index in [0.29, 0.717) is 17.1 Å². The first-order valence-corrected chi connectivity index (χ1v) is 8.49. The quantitative estimate of drug-likeness (QED) is 0.678. The molecule has 0 saturated carbocycles. The van der Waals surface area contributed by atoms with Gasteiger partial charge in [-0.25, -0.2) is 0 Å². The molecular formula is C14H27N5OS. The van der Waals surface area contributed by atoms with E-state index in [0.717, 1.165) is 26.1 Å². The lowest BCUT2D eigenvalue weighted by atomic mass is 10.3. The van der Waals surface area contributed by atoms with Crippen LogP contribution in [0.3, 0.4) is 0 Å². The van der Waals surface area contributed by atoms with Crippen molar-refractivity contribution in [1.82, 2.24) is 15.0 Å². The summed E-state index contributed by atoms with van der Waals surface area (Å²) in [5, 5.41) is 13.6. The van der Waals surface area contributed by atoms with Crippen molar-refractivity contribution in [1.29, 1.82) is 0 Å². The van der Waals surface area contributed by atoms with Gasteiger partial charge < -0.3 is 15.3 Å². The predicted molar refractivity (Wildman–Crippen MR) is 89.2 cm³/mol. The maximum Gasteiger partial charge on any atom is 0.231 e. The maximum absolute atomic E-state index is 9.65. The van der Waals surface area contributed by atoms with Crippen LogP contribution in [-0.2, 0) is 0 Å². The van der Waals surface area contributed by atoms with Gasteiger partial charge in [0, 0.05) is 24.9 Å². The van der Waals surface area contributed by atoms with Crippen LogP contribution in [0.5, 0.6) is 0 Å². The molecule has 6 nitrogen and oxygen atoms in total. The molecule has 2 unspecified atom stereocenters. The molecule has 1 aromatic rings. The fourth-order valence-electron chi connectivity index (χ4n) is 1.63. The van der Waals surface area contributed by atoms with Gasteiger partial charge >= 0.3 is 0 Å². The van der Waals surface area contributed by atoms with Crippen molar-refractivity contribution >= 4 is 23.7 Å². The summed E-state index contributed by atoms with van der Waals surface area (Å²) in [4.78, 5) is 15.5. The number of hydrogen-bond donors (Lipinski definition) is 2. The number of nitrogens with one attached hydrogen (secondary N) is 1. The van der Waals surface area contributed by atoms with Gasteiger partial charge in [-0.2, -0.15) is 15.0 Å². The second-order valence-electron chi connectivity index (χ2n) is 4.90. The Morgan fingerprint density at radius 2 is 1.81 bits per heavy atom. The van der Waals surface area contributed by atoms with Crippen LogP contribution in [0.2, 0.25) is 0 Å². The number of anilines is 2. The Hall–Kier alpha value is -1.08. The van der Waals surface area contributed by atoms with E-state index >= 15 is 0 Å². The van der Waals surface area contributed by atoms with E-state index in [2.05, 4.69) is 45.9 Å². The highest BCUT2D eigenvalue weighted by atomic mass is 32.2. The molecule has 1 rings (SSSR count). The molecule has 0 aliphatic carbocycles. The minimum absolute atomic E-state index is 0.0379. The highest BCUT2D eigenvalue weighted by molar-refractivity contribution is 7.99. The Bertz CT molecular complexity index is 426. The van der Waals surface area contributed by atoms with Crippen molar-refractivity contribution in [3.63, 3.8) is 0 Å². The largest absolute Gasteiger partial charge is 0.392 e. The lowest BCUT2D eigenvalue weighted by Gasteiger charge is -2.20. The summed E-state index contributed by atoms with van der Waals surface area (Å²) in [6, 6.07) is 0. The van der Waals surface area contributed by atoms with Crippen LogP contribution in [0.1, 0.15) is 41.0 Å². The molecule has 0 aliphatic heterocycles. The lowest BCUT2D eigenvalue weighted by Crippen LogP contribution is -2.25. The van der Waals surface area contributed by atoms with Gasteiger partial charge in [0.05, 0.1) is 6.10 Å². The van der Waals surface area contributed by atoms with E-state index < -0.39 is 6.10 Å². The van der Waals surface area contributed by atoms with Crippen molar-refractivity contribution in [2.45, 2.75) is 57.5 Å². The zero-order valence-corrected chi connectivity index (χ0v) is 14.4. The maximum atomic E-state index is 9.65. The second-order valence-corrected chi connectivity index (χ2v) is 6.25. The molecule has 0 fully saturated rings. The van der Waals surface area contributed by atoms with E-state index in [4.69, 9.17) is 0 Å². The smallest absolute Gasteiger partial charge is 0.231 e. The molecule has 0 aromatic carbocycles. The van der Waals surface area contributed by atoms with Gasteiger partial charge in [0.25, 0.3) is 0 Å². The lowest BCUT2D eigenvalue weighted by molar-refractivity contribution is 0.196. The van der Waals surface area contributed by atoms with Gasteiger partial charge in [-0.1, -0.05) is 25.6 Å². The van der Waals surface area contributed by atoms with Crippen LogP contribution in [-0.4, -0.2) is 51.0 Å².